The average molecular weight is 255 g/mol. The Bertz CT molecular complexity index is 259. The molecule has 2 fully saturated rings. The highest BCUT2D eigenvalue weighted by atomic mass is 28.3. The quantitative estimate of drug-likeness (QED) is 0.736. The van der Waals surface area contributed by atoms with Gasteiger partial charge in [-0.05, 0) is 37.8 Å². The summed E-state index contributed by atoms with van der Waals surface area (Å²) in [5.41, 5.74) is 0.460. The molecule has 17 heavy (non-hydrogen) atoms. The van der Waals surface area contributed by atoms with E-state index in [9.17, 15) is 0 Å². The van der Waals surface area contributed by atoms with Gasteiger partial charge in [0, 0.05) is 26.6 Å². The summed E-state index contributed by atoms with van der Waals surface area (Å²) in [6, 6.07) is 1.42. The van der Waals surface area contributed by atoms with Gasteiger partial charge in [-0.1, -0.05) is 26.6 Å². The fourth-order valence-electron chi connectivity index (χ4n) is 3.61. The molecular weight excluding hydrogens is 226 g/mol. The largest absolute Gasteiger partial charge is 0.377 e. The maximum Gasteiger partial charge on any atom is 0.0669 e. The predicted molar refractivity (Wildman–Crippen MR) is 76.2 cm³/mol. The first-order valence-corrected chi connectivity index (χ1v) is 11.0. The molecule has 100 valence electrons. The number of hydrogen-bond acceptors (Lipinski definition) is 2. The molecule has 1 saturated carbocycles. The van der Waals surface area contributed by atoms with E-state index in [0.29, 0.717) is 11.5 Å². The van der Waals surface area contributed by atoms with Crippen molar-refractivity contribution in [3.63, 3.8) is 0 Å². The van der Waals surface area contributed by atoms with Crippen LogP contribution in [0.5, 0.6) is 0 Å². The van der Waals surface area contributed by atoms with Crippen LogP contribution in [0, 0.1) is 11.3 Å². The molecule has 0 radical (unpaired) electrons. The summed E-state index contributed by atoms with van der Waals surface area (Å²) in [4.78, 5) is 0. The lowest BCUT2D eigenvalue weighted by Crippen LogP contribution is -2.46. The van der Waals surface area contributed by atoms with Crippen molar-refractivity contribution in [3.05, 3.63) is 0 Å². The fourth-order valence-corrected chi connectivity index (χ4v) is 6.23. The van der Waals surface area contributed by atoms with E-state index >= 15 is 0 Å². The first-order chi connectivity index (χ1) is 7.97. The van der Waals surface area contributed by atoms with Crippen molar-refractivity contribution in [2.75, 3.05) is 19.7 Å². The number of hydrogen-bond donors (Lipinski definition) is 1. The zero-order valence-corrected chi connectivity index (χ0v) is 13.0. The Labute approximate surface area is 108 Å². The highest BCUT2D eigenvalue weighted by molar-refractivity contribution is 6.76. The normalized spacial score (nSPS) is 34.2. The minimum absolute atomic E-state index is 0.460. The first kappa shape index (κ1) is 13.6. The minimum atomic E-state index is -1.02. The Kier molecular flexibility index (Phi) is 4.01. The summed E-state index contributed by atoms with van der Waals surface area (Å²) in [6.45, 7) is 13.0. The molecule has 1 heterocycles. The van der Waals surface area contributed by atoms with E-state index in [-0.39, 0.29) is 0 Å². The van der Waals surface area contributed by atoms with E-state index in [4.69, 9.17) is 4.74 Å². The van der Waals surface area contributed by atoms with E-state index in [2.05, 4.69) is 31.9 Å². The Balaban J connectivity index is 2.09. The van der Waals surface area contributed by atoms with Crippen LogP contribution in [0.15, 0.2) is 0 Å². The summed E-state index contributed by atoms with van der Waals surface area (Å²) in [5.74, 6) is 0.882. The molecule has 0 aromatic carbocycles. The van der Waals surface area contributed by atoms with E-state index in [1.54, 1.807) is 0 Å². The molecule has 1 aliphatic heterocycles. The molecule has 2 aliphatic rings. The lowest BCUT2D eigenvalue weighted by atomic mass is 9.80. The predicted octanol–water partition coefficient (Wildman–Crippen LogP) is 3.12. The minimum Gasteiger partial charge on any atom is -0.377 e. The summed E-state index contributed by atoms with van der Waals surface area (Å²) in [5, 5.41) is 3.61. The monoisotopic (exact) mass is 255 g/mol. The van der Waals surface area contributed by atoms with Crippen molar-refractivity contribution in [2.24, 2.45) is 11.3 Å². The molecule has 0 amide bonds. The van der Waals surface area contributed by atoms with Gasteiger partial charge in [-0.3, -0.25) is 0 Å². The average Bonchev–Trinajstić information content (AvgIpc) is 2.97. The van der Waals surface area contributed by atoms with Crippen molar-refractivity contribution in [2.45, 2.75) is 58.0 Å². The van der Waals surface area contributed by atoms with Crippen LogP contribution in [-0.4, -0.2) is 33.9 Å². The maximum absolute atomic E-state index is 6.12. The van der Waals surface area contributed by atoms with Crippen LogP contribution < -0.4 is 5.32 Å². The van der Waals surface area contributed by atoms with E-state index in [1.807, 2.05) is 0 Å². The van der Waals surface area contributed by atoms with Crippen molar-refractivity contribution in [1.82, 2.24) is 5.32 Å². The Morgan fingerprint density at radius 2 is 2.00 bits per heavy atom. The van der Waals surface area contributed by atoms with Crippen LogP contribution in [0.4, 0.5) is 0 Å². The SMILES string of the molecule is CCNCC1(C[Si](C)(C)C)CCOC1C1CC1. The topological polar surface area (TPSA) is 21.3 Å². The number of nitrogens with one attached hydrogen (secondary N) is 1. The standard InChI is InChI=1S/C14H29NOSi/c1-5-15-10-14(11-17(2,3)4)8-9-16-13(14)12-6-7-12/h12-13,15H,5-11H2,1-4H3. The molecule has 2 unspecified atom stereocenters. The zero-order chi connectivity index (χ0) is 12.5. The molecular formula is C14H29NOSi. The van der Waals surface area contributed by atoms with Crippen LogP contribution in [0.25, 0.3) is 0 Å². The molecule has 2 rings (SSSR count). The third kappa shape index (κ3) is 3.33. The van der Waals surface area contributed by atoms with Crippen molar-refractivity contribution >= 4 is 8.07 Å². The molecule has 2 nitrogen and oxygen atoms in total. The van der Waals surface area contributed by atoms with Gasteiger partial charge in [-0.25, -0.2) is 0 Å². The van der Waals surface area contributed by atoms with Crippen molar-refractivity contribution in [1.29, 1.82) is 0 Å². The highest BCUT2D eigenvalue weighted by Crippen LogP contribution is 2.51. The van der Waals surface area contributed by atoms with Gasteiger partial charge in [-0.15, -0.1) is 0 Å². The molecule has 0 spiro atoms. The smallest absolute Gasteiger partial charge is 0.0669 e. The summed E-state index contributed by atoms with van der Waals surface area (Å²) < 4.78 is 6.12. The van der Waals surface area contributed by atoms with Crippen molar-refractivity contribution in [3.8, 4) is 0 Å². The number of rotatable bonds is 6. The molecule has 2 atom stereocenters. The fraction of sp³-hybridized carbons (Fsp3) is 1.00. The summed E-state index contributed by atoms with van der Waals surface area (Å²) in [6.07, 6.45) is 4.66. The Hall–Kier alpha value is 0.137. The summed E-state index contributed by atoms with van der Waals surface area (Å²) in [7, 11) is -1.02. The molecule has 0 bridgehead atoms. The Morgan fingerprint density at radius 1 is 1.29 bits per heavy atom. The molecule has 1 N–H and O–H groups in total. The molecule has 3 heteroatoms. The van der Waals surface area contributed by atoms with Gasteiger partial charge in [0.2, 0.25) is 0 Å². The van der Waals surface area contributed by atoms with Gasteiger partial charge in [-0.2, -0.15) is 0 Å². The molecule has 1 saturated heterocycles. The van der Waals surface area contributed by atoms with Crippen LogP contribution in [0.3, 0.4) is 0 Å². The van der Waals surface area contributed by atoms with E-state index in [0.717, 1.165) is 19.1 Å². The highest BCUT2D eigenvalue weighted by Gasteiger charge is 2.51. The van der Waals surface area contributed by atoms with Crippen LogP contribution >= 0.6 is 0 Å². The third-order valence-corrected chi connectivity index (χ3v) is 5.93. The van der Waals surface area contributed by atoms with Crippen LogP contribution in [0.2, 0.25) is 25.7 Å². The van der Waals surface area contributed by atoms with Crippen LogP contribution in [-0.2, 0) is 4.74 Å². The summed E-state index contributed by atoms with van der Waals surface area (Å²) >= 11 is 0. The lowest BCUT2D eigenvalue weighted by molar-refractivity contribution is 0.0384. The molecule has 0 aromatic rings. The second kappa shape index (κ2) is 5.02. The van der Waals surface area contributed by atoms with Crippen molar-refractivity contribution < 1.29 is 4.74 Å². The van der Waals surface area contributed by atoms with E-state index in [1.165, 1.54) is 31.9 Å². The van der Waals surface area contributed by atoms with Gasteiger partial charge < -0.3 is 10.1 Å². The zero-order valence-electron chi connectivity index (χ0n) is 12.0. The third-order valence-electron chi connectivity index (χ3n) is 4.16. The Morgan fingerprint density at radius 3 is 2.53 bits per heavy atom. The lowest BCUT2D eigenvalue weighted by Gasteiger charge is -2.39. The van der Waals surface area contributed by atoms with E-state index < -0.39 is 8.07 Å². The molecule has 0 aromatic heterocycles. The van der Waals surface area contributed by atoms with Gasteiger partial charge in [0.1, 0.15) is 0 Å². The van der Waals surface area contributed by atoms with Gasteiger partial charge in [0.05, 0.1) is 6.10 Å². The second-order valence-electron chi connectivity index (χ2n) is 7.26. The van der Waals surface area contributed by atoms with Gasteiger partial charge in [0.15, 0.2) is 0 Å². The molecule has 1 aliphatic carbocycles. The van der Waals surface area contributed by atoms with Crippen LogP contribution in [0.1, 0.15) is 26.2 Å². The maximum atomic E-state index is 6.12. The van der Waals surface area contributed by atoms with Gasteiger partial charge in [0.25, 0.3) is 0 Å². The number of ether oxygens (including phenoxy) is 1. The van der Waals surface area contributed by atoms with Gasteiger partial charge >= 0.3 is 0 Å². The first-order valence-electron chi connectivity index (χ1n) is 7.29. The second-order valence-corrected chi connectivity index (χ2v) is 12.7.